The van der Waals surface area contributed by atoms with E-state index in [-0.39, 0.29) is 12.6 Å². The standard InChI is InChI=1S/C19H19N3O2S/c23-13-17-12-22(16-8-7-14-5-1-2-6-15(14)11-16)19(25-17)20-18(24)21-9-3-4-10-21/h1-2,5-8,11-12,23H,3-4,9-10,13H2. The minimum absolute atomic E-state index is 0.0638. The lowest BCUT2D eigenvalue weighted by Gasteiger charge is -2.10. The van der Waals surface area contributed by atoms with Crippen LogP contribution in [0.15, 0.2) is 53.7 Å². The second-order valence-corrected chi connectivity index (χ2v) is 7.22. The van der Waals surface area contributed by atoms with Crippen LogP contribution in [0.3, 0.4) is 0 Å². The van der Waals surface area contributed by atoms with Crippen LogP contribution in [0.5, 0.6) is 0 Å². The molecule has 5 nitrogen and oxygen atoms in total. The van der Waals surface area contributed by atoms with Gasteiger partial charge in [0.15, 0.2) is 4.80 Å². The first-order chi connectivity index (χ1) is 12.2. The zero-order valence-corrected chi connectivity index (χ0v) is 14.6. The van der Waals surface area contributed by atoms with Crippen LogP contribution >= 0.6 is 11.3 Å². The largest absolute Gasteiger partial charge is 0.391 e. The number of benzene rings is 2. The maximum atomic E-state index is 12.4. The Balaban J connectivity index is 1.80. The third kappa shape index (κ3) is 3.23. The fourth-order valence-electron chi connectivity index (χ4n) is 3.11. The van der Waals surface area contributed by atoms with Gasteiger partial charge in [-0.3, -0.25) is 4.57 Å². The van der Waals surface area contributed by atoms with Crippen molar-refractivity contribution in [3.8, 4) is 5.69 Å². The molecule has 0 radical (unpaired) electrons. The number of aliphatic hydroxyl groups is 1. The van der Waals surface area contributed by atoms with Gasteiger partial charge in [-0.05, 0) is 35.7 Å². The molecule has 25 heavy (non-hydrogen) atoms. The molecule has 0 spiro atoms. The Hall–Kier alpha value is -2.44. The van der Waals surface area contributed by atoms with E-state index in [1.54, 1.807) is 4.90 Å². The summed E-state index contributed by atoms with van der Waals surface area (Å²) in [5.41, 5.74) is 0.933. The molecule has 0 aliphatic carbocycles. The van der Waals surface area contributed by atoms with Gasteiger partial charge in [-0.2, -0.15) is 4.99 Å². The van der Waals surface area contributed by atoms with Gasteiger partial charge < -0.3 is 10.0 Å². The summed E-state index contributed by atoms with van der Waals surface area (Å²) in [5.74, 6) is 0. The van der Waals surface area contributed by atoms with Gasteiger partial charge in [0, 0.05) is 25.0 Å². The molecule has 1 saturated heterocycles. The first-order valence-corrected chi connectivity index (χ1v) is 9.21. The molecule has 0 unspecified atom stereocenters. The number of carbonyl (C=O) groups excluding carboxylic acids is 1. The second kappa shape index (κ2) is 6.82. The fraction of sp³-hybridized carbons (Fsp3) is 0.263. The average Bonchev–Trinajstić information content (AvgIpc) is 3.31. The Morgan fingerprint density at radius 1 is 1.12 bits per heavy atom. The zero-order chi connectivity index (χ0) is 17.2. The van der Waals surface area contributed by atoms with Crippen molar-refractivity contribution in [2.75, 3.05) is 13.1 Å². The average molecular weight is 353 g/mol. The third-order valence-electron chi connectivity index (χ3n) is 4.44. The van der Waals surface area contributed by atoms with E-state index >= 15 is 0 Å². The zero-order valence-electron chi connectivity index (χ0n) is 13.8. The highest BCUT2D eigenvalue weighted by Crippen LogP contribution is 2.19. The van der Waals surface area contributed by atoms with Gasteiger partial charge >= 0.3 is 6.03 Å². The minimum atomic E-state index is -0.196. The summed E-state index contributed by atoms with van der Waals surface area (Å²) in [6.45, 7) is 1.48. The number of likely N-dealkylation sites (tertiary alicyclic amines) is 1. The van der Waals surface area contributed by atoms with Crippen LogP contribution in [0.4, 0.5) is 4.79 Å². The number of amides is 2. The molecule has 2 amide bonds. The molecule has 2 aromatic carbocycles. The molecule has 0 atom stereocenters. The SMILES string of the molecule is O=C(N=c1sc(CO)cn1-c1ccc2ccccc2c1)N1CCCC1. The number of urea groups is 1. The van der Waals surface area contributed by atoms with E-state index in [0.717, 1.165) is 47.3 Å². The molecule has 1 N–H and O–H groups in total. The normalized spacial score (nSPS) is 15.2. The van der Waals surface area contributed by atoms with Gasteiger partial charge in [0.1, 0.15) is 0 Å². The minimum Gasteiger partial charge on any atom is -0.391 e. The van der Waals surface area contributed by atoms with Crippen molar-refractivity contribution in [3.63, 3.8) is 0 Å². The fourth-order valence-corrected chi connectivity index (χ4v) is 3.95. The maximum absolute atomic E-state index is 12.4. The van der Waals surface area contributed by atoms with Crippen LogP contribution < -0.4 is 4.80 Å². The van der Waals surface area contributed by atoms with Gasteiger partial charge in [-0.15, -0.1) is 0 Å². The predicted octanol–water partition coefficient (Wildman–Crippen LogP) is 3.30. The number of aromatic nitrogens is 1. The van der Waals surface area contributed by atoms with Crippen molar-refractivity contribution in [3.05, 3.63) is 58.3 Å². The van der Waals surface area contributed by atoms with Gasteiger partial charge in [0.25, 0.3) is 0 Å². The molecule has 6 heteroatoms. The quantitative estimate of drug-likeness (QED) is 0.768. The lowest BCUT2D eigenvalue weighted by Crippen LogP contribution is -2.27. The van der Waals surface area contributed by atoms with E-state index in [0.29, 0.717) is 4.80 Å². The van der Waals surface area contributed by atoms with Crippen molar-refractivity contribution >= 4 is 28.1 Å². The summed E-state index contributed by atoms with van der Waals surface area (Å²) in [5, 5.41) is 11.8. The molecule has 4 rings (SSSR count). The summed E-state index contributed by atoms with van der Waals surface area (Å²) >= 11 is 1.35. The Kier molecular flexibility index (Phi) is 4.38. The smallest absolute Gasteiger partial charge is 0.346 e. The number of hydrogen-bond donors (Lipinski definition) is 1. The van der Waals surface area contributed by atoms with E-state index in [9.17, 15) is 9.90 Å². The summed E-state index contributed by atoms with van der Waals surface area (Å²) < 4.78 is 1.89. The Bertz CT molecular complexity index is 983. The number of thiazole rings is 1. The Morgan fingerprint density at radius 2 is 1.88 bits per heavy atom. The summed E-state index contributed by atoms with van der Waals surface area (Å²) in [7, 11) is 0. The van der Waals surface area contributed by atoms with E-state index in [1.165, 1.54) is 11.3 Å². The van der Waals surface area contributed by atoms with Crippen molar-refractivity contribution in [1.82, 2.24) is 9.47 Å². The molecule has 0 bridgehead atoms. The van der Waals surface area contributed by atoms with Crippen LogP contribution in [0.2, 0.25) is 0 Å². The van der Waals surface area contributed by atoms with E-state index < -0.39 is 0 Å². The second-order valence-electron chi connectivity index (χ2n) is 6.13. The first kappa shape index (κ1) is 16.1. The highest BCUT2D eigenvalue weighted by Gasteiger charge is 2.17. The van der Waals surface area contributed by atoms with E-state index in [2.05, 4.69) is 29.3 Å². The number of rotatable bonds is 2. The molecule has 1 fully saturated rings. The number of hydrogen-bond acceptors (Lipinski definition) is 3. The lowest BCUT2D eigenvalue weighted by atomic mass is 10.1. The maximum Gasteiger partial charge on any atom is 0.346 e. The highest BCUT2D eigenvalue weighted by molar-refractivity contribution is 7.09. The number of nitrogens with zero attached hydrogens (tertiary/aromatic N) is 3. The van der Waals surface area contributed by atoms with Gasteiger partial charge in [0.05, 0.1) is 11.5 Å². The van der Waals surface area contributed by atoms with Crippen molar-refractivity contribution < 1.29 is 9.90 Å². The topological polar surface area (TPSA) is 57.8 Å². The summed E-state index contributed by atoms with van der Waals surface area (Å²) in [6, 6.07) is 14.1. The predicted molar refractivity (Wildman–Crippen MR) is 98.8 cm³/mol. The number of fused-ring (bicyclic) bond motifs is 1. The first-order valence-electron chi connectivity index (χ1n) is 8.39. The monoisotopic (exact) mass is 353 g/mol. The summed E-state index contributed by atoms with van der Waals surface area (Å²) in [6.07, 6.45) is 3.93. The van der Waals surface area contributed by atoms with Crippen LogP contribution in [-0.2, 0) is 6.61 Å². The molecule has 2 heterocycles. The third-order valence-corrected chi connectivity index (χ3v) is 5.40. The lowest BCUT2D eigenvalue weighted by molar-refractivity contribution is 0.218. The molecule has 3 aromatic rings. The van der Waals surface area contributed by atoms with Crippen molar-refractivity contribution in [2.45, 2.75) is 19.4 Å². The van der Waals surface area contributed by atoms with Gasteiger partial charge in [-0.25, -0.2) is 4.79 Å². The molecular weight excluding hydrogens is 334 g/mol. The van der Waals surface area contributed by atoms with E-state index in [4.69, 9.17) is 0 Å². The molecule has 1 aliphatic rings. The number of aliphatic hydroxyl groups excluding tert-OH is 1. The van der Waals surface area contributed by atoms with E-state index in [1.807, 2.05) is 29.0 Å². The van der Waals surface area contributed by atoms with Crippen LogP contribution in [0, 0.1) is 0 Å². The molecule has 1 aliphatic heterocycles. The Morgan fingerprint density at radius 3 is 2.64 bits per heavy atom. The Labute approximate surface area is 149 Å². The van der Waals surface area contributed by atoms with Crippen LogP contribution in [-0.4, -0.2) is 33.7 Å². The number of carbonyl (C=O) groups is 1. The molecule has 128 valence electrons. The van der Waals surface area contributed by atoms with Crippen molar-refractivity contribution in [2.24, 2.45) is 4.99 Å². The van der Waals surface area contributed by atoms with Gasteiger partial charge in [0.2, 0.25) is 0 Å². The summed E-state index contributed by atoms with van der Waals surface area (Å²) in [4.78, 5) is 19.9. The van der Waals surface area contributed by atoms with Crippen molar-refractivity contribution in [1.29, 1.82) is 0 Å². The van der Waals surface area contributed by atoms with Crippen LogP contribution in [0.25, 0.3) is 16.5 Å². The molecular formula is C19H19N3O2S. The van der Waals surface area contributed by atoms with Gasteiger partial charge in [-0.1, -0.05) is 41.7 Å². The molecule has 0 saturated carbocycles. The highest BCUT2D eigenvalue weighted by atomic mass is 32.1. The molecule has 1 aromatic heterocycles. The van der Waals surface area contributed by atoms with Crippen LogP contribution in [0.1, 0.15) is 17.7 Å².